The summed E-state index contributed by atoms with van der Waals surface area (Å²) < 4.78 is 10.6. The second-order valence-corrected chi connectivity index (χ2v) is 6.01. The first-order chi connectivity index (χ1) is 12.0. The van der Waals surface area contributed by atoms with Crippen molar-refractivity contribution in [2.45, 2.75) is 19.9 Å². The number of ether oxygens (including phenoxy) is 2. The van der Waals surface area contributed by atoms with Gasteiger partial charge in [0.2, 0.25) is 0 Å². The number of methoxy groups -OCH3 is 1. The molecular formula is C19H20N2O4. The van der Waals surface area contributed by atoms with E-state index in [1.807, 2.05) is 13.8 Å². The molecule has 130 valence electrons. The third-order valence-corrected chi connectivity index (χ3v) is 3.94. The van der Waals surface area contributed by atoms with Crippen LogP contribution in [-0.4, -0.2) is 31.6 Å². The maximum atomic E-state index is 12.5. The van der Waals surface area contributed by atoms with Gasteiger partial charge in [-0.25, -0.2) is 0 Å². The van der Waals surface area contributed by atoms with Crippen LogP contribution < -0.4 is 19.7 Å². The SMILES string of the molecule is COc1cccc(C(=O)Nc2ccc3c(c2)N(C(C)C)C(=O)CO3)c1. The van der Waals surface area contributed by atoms with Gasteiger partial charge < -0.3 is 19.7 Å². The van der Waals surface area contributed by atoms with E-state index < -0.39 is 0 Å². The van der Waals surface area contributed by atoms with Gasteiger partial charge in [0.25, 0.3) is 11.8 Å². The zero-order valence-corrected chi connectivity index (χ0v) is 14.4. The third-order valence-electron chi connectivity index (χ3n) is 3.94. The topological polar surface area (TPSA) is 67.9 Å². The summed E-state index contributed by atoms with van der Waals surface area (Å²) in [6.07, 6.45) is 0. The Bertz CT molecular complexity index is 817. The van der Waals surface area contributed by atoms with Crippen LogP contribution >= 0.6 is 0 Å². The van der Waals surface area contributed by atoms with E-state index in [4.69, 9.17) is 9.47 Å². The van der Waals surface area contributed by atoms with Gasteiger partial charge in [-0.3, -0.25) is 9.59 Å². The smallest absolute Gasteiger partial charge is 0.265 e. The Labute approximate surface area is 146 Å². The highest BCUT2D eigenvalue weighted by molar-refractivity contribution is 6.05. The summed E-state index contributed by atoms with van der Waals surface area (Å²) in [5, 5.41) is 2.85. The van der Waals surface area contributed by atoms with Gasteiger partial charge >= 0.3 is 0 Å². The Morgan fingerprint density at radius 1 is 1.24 bits per heavy atom. The fourth-order valence-corrected chi connectivity index (χ4v) is 2.78. The minimum atomic E-state index is -0.252. The van der Waals surface area contributed by atoms with Crippen LogP contribution in [0.3, 0.4) is 0 Å². The Balaban J connectivity index is 1.86. The minimum Gasteiger partial charge on any atom is -0.497 e. The molecule has 1 aliphatic rings. The quantitative estimate of drug-likeness (QED) is 0.929. The molecule has 0 fully saturated rings. The summed E-state index contributed by atoms with van der Waals surface area (Å²) in [7, 11) is 1.55. The van der Waals surface area contributed by atoms with Gasteiger partial charge in [0.15, 0.2) is 6.61 Å². The Kier molecular flexibility index (Phi) is 4.61. The fourth-order valence-electron chi connectivity index (χ4n) is 2.78. The number of hydrogen-bond donors (Lipinski definition) is 1. The summed E-state index contributed by atoms with van der Waals surface area (Å²) in [5.41, 5.74) is 1.75. The third kappa shape index (κ3) is 3.42. The molecule has 0 aromatic heterocycles. The summed E-state index contributed by atoms with van der Waals surface area (Å²) in [5.74, 6) is 0.896. The van der Waals surface area contributed by atoms with Crippen molar-refractivity contribution in [3.05, 3.63) is 48.0 Å². The molecule has 6 heteroatoms. The first-order valence-corrected chi connectivity index (χ1v) is 8.04. The molecule has 1 N–H and O–H groups in total. The normalized spacial score (nSPS) is 13.3. The summed E-state index contributed by atoms with van der Waals surface area (Å²) in [6, 6.07) is 12.2. The van der Waals surface area contributed by atoms with E-state index in [2.05, 4.69) is 5.32 Å². The monoisotopic (exact) mass is 340 g/mol. The average Bonchev–Trinajstić information content (AvgIpc) is 2.61. The van der Waals surface area contributed by atoms with Crippen LogP contribution in [0.5, 0.6) is 11.5 Å². The first kappa shape index (κ1) is 16.8. The van der Waals surface area contributed by atoms with Gasteiger partial charge in [-0.15, -0.1) is 0 Å². The zero-order chi connectivity index (χ0) is 18.0. The van der Waals surface area contributed by atoms with Crippen molar-refractivity contribution >= 4 is 23.2 Å². The van der Waals surface area contributed by atoms with Crippen LogP contribution in [-0.2, 0) is 4.79 Å². The molecule has 1 heterocycles. The van der Waals surface area contributed by atoms with Crippen LogP contribution in [0, 0.1) is 0 Å². The van der Waals surface area contributed by atoms with E-state index in [9.17, 15) is 9.59 Å². The predicted molar refractivity (Wildman–Crippen MR) is 95.5 cm³/mol. The Morgan fingerprint density at radius 2 is 2.04 bits per heavy atom. The average molecular weight is 340 g/mol. The molecule has 0 unspecified atom stereocenters. The lowest BCUT2D eigenvalue weighted by Crippen LogP contribution is -2.43. The lowest BCUT2D eigenvalue weighted by molar-refractivity contribution is -0.121. The van der Waals surface area contributed by atoms with E-state index in [1.54, 1.807) is 54.5 Å². The lowest BCUT2D eigenvalue weighted by Gasteiger charge is -2.32. The molecule has 0 bridgehead atoms. The van der Waals surface area contributed by atoms with Crippen molar-refractivity contribution < 1.29 is 19.1 Å². The number of anilines is 2. The number of carbonyl (C=O) groups is 2. The number of amides is 2. The predicted octanol–water partition coefficient (Wildman–Crippen LogP) is 3.08. The minimum absolute atomic E-state index is 0.000476. The molecule has 1 aliphatic heterocycles. The standard InChI is InChI=1S/C19H20N2O4/c1-12(2)21-16-10-14(7-8-17(16)25-11-18(21)22)20-19(23)13-5-4-6-15(9-13)24-3/h4-10,12H,11H2,1-3H3,(H,20,23). The molecule has 6 nitrogen and oxygen atoms in total. The van der Waals surface area contributed by atoms with Crippen molar-refractivity contribution in [2.75, 3.05) is 23.9 Å². The van der Waals surface area contributed by atoms with E-state index in [0.29, 0.717) is 28.4 Å². The molecule has 0 saturated heterocycles. The van der Waals surface area contributed by atoms with E-state index >= 15 is 0 Å². The molecule has 0 atom stereocenters. The second kappa shape index (κ2) is 6.84. The molecule has 2 aromatic carbocycles. The number of carbonyl (C=O) groups excluding carboxylic acids is 2. The molecular weight excluding hydrogens is 320 g/mol. The second-order valence-electron chi connectivity index (χ2n) is 6.01. The zero-order valence-electron chi connectivity index (χ0n) is 14.4. The number of rotatable bonds is 4. The van der Waals surface area contributed by atoms with Crippen molar-refractivity contribution in [1.82, 2.24) is 0 Å². The van der Waals surface area contributed by atoms with Crippen LogP contribution in [0.4, 0.5) is 11.4 Å². The number of hydrogen-bond acceptors (Lipinski definition) is 4. The van der Waals surface area contributed by atoms with Crippen LogP contribution in [0.1, 0.15) is 24.2 Å². The molecule has 0 saturated carbocycles. The van der Waals surface area contributed by atoms with E-state index in [0.717, 1.165) is 0 Å². The Morgan fingerprint density at radius 3 is 2.76 bits per heavy atom. The molecule has 25 heavy (non-hydrogen) atoms. The molecule has 2 amide bonds. The van der Waals surface area contributed by atoms with E-state index in [1.165, 1.54) is 0 Å². The molecule has 0 aliphatic carbocycles. The summed E-state index contributed by atoms with van der Waals surface area (Å²) in [6.45, 7) is 3.91. The van der Waals surface area contributed by atoms with Crippen molar-refractivity contribution in [2.24, 2.45) is 0 Å². The molecule has 3 rings (SSSR count). The Hall–Kier alpha value is -3.02. The van der Waals surface area contributed by atoms with Gasteiger partial charge in [0.05, 0.1) is 12.8 Å². The van der Waals surface area contributed by atoms with E-state index in [-0.39, 0.29) is 24.5 Å². The number of nitrogens with one attached hydrogen (secondary N) is 1. The van der Waals surface area contributed by atoms with Gasteiger partial charge in [-0.05, 0) is 50.2 Å². The van der Waals surface area contributed by atoms with Crippen molar-refractivity contribution in [1.29, 1.82) is 0 Å². The van der Waals surface area contributed by atoms with Crippen LogP contribution in [0.25, 0.3) is 0 Å². The molecule has 0 radical (unpaired) electrons. The van der Waals surface area contributed by atoms with Gasteiger partial charge in [-0.1, -0.05) is 6.07 Å². The first-order valence-electron chi connectivity index (χ1n) is 8.04. The number of fused-ring (bicyclic) bond motifs is 1. The van der Waals surface area contributed by atoms with Crippen LogP contribution in [0.2, 0.25) is 0 Å². The summed E-state index contributed by atoms with van der Waals surface area (Å²) >= 11 is 0. The highest BCUT2D eigenvalue weighted by Crippen LogP contribution is 2.35. The molecule has 0 spiro atoms. The van der Waals surface area contributed by atoms with Crippen molar-refractivity contribution in [3.63, 3.8) is 0 Å². The maximum Gasteiger partial charge on any atom is 0.265 e. The van der Waals surface area contributed by atoms with Crippen molar-refractivity contribution in [3.8, 4) is 11.5 Å². The number of nitrogens with zero attached hydrogens (tertiary/aromatic N) is 1. The van der Waals surface area contributed by atoms with Gasteiger partial charge in [-0.2, -0.15) is 0 Å². The molecule has 2 aromatic rings. The summed E-state index contributed by atoms with van der Waals surface area (Å²) in [4.78, 5) is 26.3. The highest BCUT2D eigenvalue weighted by atomic mass is 16.5. The highest BCUT2D eigenvalue weighted by Gasteiger charge is 2.28. The fraction of sp³-hybridized carbons (Fsp3) is 0.263. The van der Waals surface area contributed by atoms with Gasteiger partial charge in [0, 0.05) is 17.3 Å². The maximum absolute atomic E-state index is 12.5. The number of benzene rings is 2. The van der Waals surface area contributed by atoms with Crippen LogP contribution in [0.15, 0.2) is 42.5 Å². The van der Waals surface area contributed by atoms with Gasteiger partial charge in [0.1, 0.15) is 11.5 Å². The lowest BCUT2D eigenvalue weighted by atomic mass is 10.1. The largest absolute Gasteiger partial charge is 0.497 e.